The van der Waals surface area contributed by atoms with Gasteiger partial charge in [0.15, 0.2) is 0 Å². The Bertz CT molecular complexity index is 456. The summed E-state index contributed by atoms with van der Waals surface area (Å²) in [5.74, 6) is 0.750. The minimum atomic E-state index is -0.263. The highest BCUT2D eigenvalue weighted by atomic mass is 16.7. The van der Waals surface area contributed by atoms with Gasteiger partial charge in [0, 0.05) is 25.7 Å². The monoisotopic (exact) mass is 278 g/mol. The van der Waals surface area contributed by atoms with E-state index in [-0.39, 0.29) is 48.2 Å². The number of hydrogen-bond donors (Lipinski definition) is 0. The van der Waals surface area contributed by atoms with Gasteiger partial charge in [0.1, 0.15) is 24.4 Å². The van der Waals surface area contributed by atoms with Gasteiger partial charge in [-0.05, 0) is 18.3 Å². The van der Waals surface area contributed by atoms with Gasteiger partial charge in [-0.3, -0.25) is 9.59 Å². The van der Waals surface area contributed by atoms with E-state index < -0.39 is 0 Å². The number of carbonyl (C=O) groups is 2. The second kappa shape index (κ2) is 4.07. The summed E-state index contributed by atoms with van der Waals surface area (Å²) in [6.07, 6.45) is 4.94. The minimum absolute atomic E-state index is 0.0998. The number of allylic oxidation sites excluding steroid dienone is 2. The van der Waals surface area contributed by atoms with Crippen molar-refractivity contribution in [2.45, 2.75) is 44.7 Å². The molecule has 5 heteroatoms. The van der Waals surface area contributed by atoms with Gasteiger partial charge in [-0.25, -0.2) is 0 Å². The molecular formula is C15H18O5. The molecule has 0 radical (unpaired) electrons. The molecule has 1 aliphatic heterocycles. The van der Waals surface area contributed by atoms with Crippen LogP contribution < -0.4 is 0 Å². The molecule has 108 valence electrons. The third-order valence-corrected chi connectivity index (χ3v) is 5.15. The molecule has 2 bridgehead atoms. The first-order valence-electron chi connectivity index (χ1n) is 7.24. The molecule has 1 heterocycles. The van der Waals surface area contributed by atoms with Gasteiger partial charge in [0.2, 0.25) is 0 Å². The molecule has 0 spiro atoms. The molecule has 8 atom stereocenters. The SMILES string of the molecule is CC(=O)O[C@@H]1[C@H]2O[C@H]2[C@H](OC(C)=O)[C@H]2[C@@H]1[C@H]1C=C[C@@H]2C1. The molecule has 4 rings (SSSR count). The first kappa shape index (κ1) is 12.4. The lowest BCUT2D eigenvalue weighted by Crippen LogP contribution is -2.51. The summed E-state index contributed by atoms with van der Waals surface area (Å²) in [6, 6.07) is 0. The smallest absolute Gasteiger partial charge is 0.303 e. The topological polar surface area (TPSA) is 65.1 Å². The first-order valence-corrected chi connectivity index (χ1v) is 7.24. The summed E-state index contributed by atoms with van der Waals surface area (Å²) in [4.78, 5) is 22.7. The molecule has 2 saturated carbocycles. The van der Waals surface area contributed by atoms with E-state index in [4.69, 9.17) is 14.2 Å². The summed E-state index contributed by atoms with van der Waals surface area (Å²) in [7, 11) is 0. The fraction of sp³-hybridized carbons (Fsp3) is 0.733. The van der Waals surface area contributed by atoms with Gasteiger partial charge in [-0.1, -0.05) is 12.2 Å². The van der Waals surface area contributed by atoms with E-state index in [1.165, 1.54) is 13.8 Å². The van der Waals surface area contributed by atoms with Crippen LogP contribution >= 0.6 is 0 Å². The molecule has 0 N–H and O–H groups in total. The van der Waals surface area contributed by atoms with E-state index in [2.05, 4.69) is 12.2 Å². The largest absolute Gasteiger partial charge is 0.459 e. The maximum Gasteiger partial charge on any atom is 0.303 e. The van der Waals surface area contributed by atoms with E-state index in [9.17, 15) is 9.59 Å². The average molecular weight is 278 g/mol. The maximum atomic E-state index is 11.3. The Balaban J connectivity index is 1.65. The van der Waals surface area contributed by atoms with Crippen molar-refractivity contribution in [1.29, 1.82) is 0 Å². The second-order valence-electron chi connectivity index (χ2n) is 6.32. The Morgan fingerprint density at radius 1 is 0.950 bits per heavy atom. The van der Waals surface area contributed by atoms with Crippen molar-refractivity contribution in [2.24, 2.45) is 23.7 Å². The number of epoxide rings is 1. The van der Waals surface area contributed by atoms with Crippen molar-refractivity contribution >= 4 is 11.9 Å². The van der Waals surface area contributed by atoms with Gasteiger partial charge < -0.3 is 14.2 Å². The van der Waals surface area contributed by atoms with Gasteiger partial charge in [-0.15, -0.1) is 0 Å². The molecule has 0 aromatic carbocycles. The first-order chi connectivity index (χ1) is 9.56. The molecule has 20 heavy (non-hydrogen) atoms. The van der Waals surface area contributed by atoms with Crippen molar-refractivity contribution < 1.29 is 23.8 Å². The summed E-state index contributed by atoms with van der Waals surface area (Å²) in [5.41, 5.74) is 0. The highest BCUT2D eigenvalue weighted by Gasteiger charge is 2.68. The zero-order valence-corrected chi connectivity index (χ0v) is 11.5. The zero-order valence-electron chi connectivity index (χ0n) is 11.5. The normalized spacial score (nSPS) is 50.3. The number of rotatable bonds is 2. The fourth-order valence-corrected chi connectivity index (χ4v) is 4.60. The molecule has 1 saturated heterocycles. The Labute approximate surface area is 117 Å². The van der Waals surface area contributed by atoms with E-state index in [1.807, 2.05) is 0 Å². The van der Waals surface area contributed by atoms with E-state index in [0.717, 1.165) is 6.42 Å². The lowest BCUT2D eigenvalue weighted by atomic mass is 9.70. The predicted molar refractivity (Wildman–Crippen MR) is 67.5 cm³/mol. The van der Waals surface area contributed by atoms with Crippen LogP contribution in [0.5, 0.6) is 0 Å². The lowest BCUT2D eigenvalue weighted by molar-refractivity contribution is -0.163. The van der Waals surface area contributed by atoms with Crippen LogP contribution in [0.4, 0.5) is 0 Å². The van der Waals surface area contributed by atoms with Crippen LogP contribution in [-0.2, 0) is 23.8 Å². The van der Waals surface area contributed by atoms with Crippen molar-refractivity contribution in [3.8, 4) is 0 Å². The van der Waals surface area contributed by atoms with Crippen LogP contribution in [0, 0.1) is 23.7 Å². The zero-order chi connectivity index (χ0) is 14.0. The molecule has 0 aromatic rings. The summed E-state index contributed by atoms with van der Waals surface area (Å²) in [6.45, 7) is 2.88. The Morgan fingerprint density at radius 3 is 1.80 bits per heavy atom. The molecular weight excluding hydrogens is 260 g/mol. The summed E-state index contributed by atoms with van der Waals surface area (Å²) >= 11 is 0. The summed E-state index contributed by atoms with van der Waals surface area (Å²) < 4.78 is 16.7. The molecule has 3 aliphatic carbocycles. The molecule has 5 nitrogen and oxygen atoms in total. The third-order valence-electron chi connectivity index (χ3n) is 5.15. The van der Waals surface area contributed by atoms with Gasteiger partial charge >= 0.3 is 11.9 Å². The van der Waals surface area contributed by atoms with E-state index in [0.29, 0.717) is 11.8 Å². The maximum absolute atomic E-state index is 11.3. The third kappa shape index (κ3) is 1.65. The van der Waals surface area contributed by atoms with Crippen molar-refractivity contribution in [3.63, 3.8) is 0 Å². The number of ether oxygens (including phenoxy) is 3. The van der Waals surface area contributed by atoms with Gasteiger partial charge in [0.25, 0.3) is 0 Å². The standard InChI is InChI=1S/C15H18O5/c1-6(16)18-12-10-8-3-4-9(5-8)11(10)13(19-7(2)17)15-14(12)20-15/h3-4,8-15H,5H2,1-2H3/t8-,9+,10-,11+,12-,13+,14+,15-. The fourth-order valence-electron chi connectivity index (χ4n) is 4.60. The molecule has 0 unspecified atom stereocenters. The quantitative estimate of drug-likeness (QED) is 0.429. The molecule has 0 aromatic heterocycles. The lowest BCUT2D eigenvalue weighted by Gasteiger charge is -2.40. The van der Waals surface area contributed by atoms with Crippen molar-refractivity contribution in [1.82, 2.24) is 0 Å². The van der Waals surface area contributed by atoms with Gasteiger partial charge in [-0.2, -0.15) is 0 Å². The highest BCUT2D eigenvalue weighted by Crippen LogP contribution is 2.59. The predicted octanol–water partition coefficient (Wildman–Crippen LogP) is 1.07. The Morgan fingerprint density at radius 2 is 1.40 bits per heavy atom. The summed E-state index contributed by atoms with van der Waals surface area (Å²) in [5, 5.41) is 0. The van der Waals surface area contributed by atoms with Crippen LogP contribution in [0.2, 0.25) is 0 Å². The number of fused-ring (bicyclic) bond motifs is 6. The second-order valence-corrected chi connectivity index (χ2v) is 6.32. The molecule has 3 fully saturated rings. The van der Waals surface area contributed by atoms with Crippen LogP contribution in [0.3, 0.4) is 0 Å². The average Bonchev–Trinajstić information content (AvgIpc) is 2.89. The van der Waals surface area contributed by atoms with Crippen molar-refractivity contribution in [2.75, 3.05) is 0 Å². The number of hydrogen-bond acceptors (Lipinski definition) is 5. The number of esters is 2. The Hall–Kier alpha value is -1.36. The minimum Gasteiger partial charge on any atom is -0.459 e. The van der Waals surface area contributed by atoms with Crippen LogP contribution in [0.15, 0.2) is 12.2 Å². The van der Waals surface area contributed by atoms with Crippen molar-refractivity contribution in [3.05, 3.63) is 12.2 Å². The van der Waals surface area contributed by atoms with Crippen LogP contribution in [0.25, 0.3) is 0 Å². The molecule has 0 amide bonds. The molecule has 4 aliphatic rings. The van der Waals surface area contributed by atoms with Gasteiger partial charge in [0.05, 0.1) is 0 Å². The number of carbonyl (C=O) groups excluding carboxylic acids is 2. The van der Waals surface area contributed by atoms with Crippen LogP contribution in [-0.4, -0.2) is 36.4 Å². The van der Waals surface area contributed by atoms with E-state index >= 15 is 0 Å². The Kier molecular flexibility index (Phi) is 2.52. The van der Waals surface area contributed by atoms with Crippen LogP contribution in [0.1, 0.15) is 20.3 Å². The van der Waals surface area contributed by atoms with E-state index in [1.54, 1.807) is 0 Å². The highest BCUT2D eigenvalue weighted by molar-refractivity contribution is 5.67.